The van der Waals surface area contributed by atoms with Gasteiger partial charge >= 0.3 is 12.1 Å². The maximum atomic E-state index is 12.1. The third kappa shape index (κ3) is 1.44. The summed E-state index contributed by atoms with van der Waals surface area (Å²) in [6.07, 6.45) is -1.36. The first kappa shape index (κ1) is 11.8. The molecule has 3 rings (SSSR count). The molecule has 0 aromatic rings. The lowest BCUT2D eigenvalue weighted by atomic mass is 9.88. The fraction of sp³-hybridized carbons (Fsp3) is 0.833. The summed E-state index contributed by atoms with van der Waals surface area (Å²) in [5.41, 5.74) is -0.589. The lowest BCUT2D eigenvalue weighted by Gasteiger charge is -2.27. The molecule has 2 bridgehead atoms. The Labute approximate surface area is 105 Å². The number of carbonyl (C=O) groups is 2. The van der Waals surface area contributed by atoms with Crippen molar-refractivity contribution in [2.24, 2.45) is 5.92 Å². The maximum Gasteiger partial charge on any atom is 0.411 e. The van der Waals surface area contributed by atoms with E-state index < -0.39 is 23.9 Å². The second kappa shape index (κ2) is 3.38. The van der Waals surface area contributed by atoms with Crippen molar-refractivity contribution in [2.45, 2.75) is 57.1 Å². The largest absolute Gasteiger partial charge is 0.457 e. The molecule has 3 fully saturated rings. The molecule has 1 N–H and O–H groups in total. The van der Waals surface area contributed by atoms with Gasteiger partial charge in [-0.25, -0.2) is 4.79 Å². The van der Waals surface area contributed by atoms with Crippen molar-refractivity contribution in [3.05, 3.63) is 0 Å². The molecule has 3 aliphatic heterocycles. The van der Waals surface area contributed by atoms with E-state index in [9.17, 15) is 14.7 Å². The van der Waals surface area contributed by atoms with Crippen LogP contribution in [0.1, 0.15) is 27.2 Å². The molecule has 0 radical (unpaired) electrons. The predicted octanol–water partition coefficient (Wildman–Crippen LogP) is 0.281. The van der Waals surface area contributed by atoms with Crippen LogP contribution in [0.3, 0.4) is 0 Å². The van der Waals surface area contributed by atoms with Crippen molar-refractivity contribution >= 4 is 12.1 Å². The van der Waals surface area contributed by atoms with Gasteiger partial charge in [0.25, 0.3) is 0 Å². The Morgan fingerprint density at radius 1 is 1.50 bits per heavy atom. The van der Waals surface area contributed by atoms with Crippen LogP contribution in [0.15, 0.2) is 0 Å². The van der Waals surface area contributed by atoms with Gasteiger partial charge in [0.1, 0.15) is 11.7 Å². The van der Waals surface area contributed by atoms with Crippen LogP contribution >= 0.6 is 0 Å². The van der Waals surface area contributed by atoms with Gasteiger partial charge < -0.3 is 14.6 Å². The zero-order chi connectivity index (χ0) is 13.2. The standard InChI is InChI=1S/C12H17NO5/c1-12(2,3)18-11(16)13-6-4-5-7(13)9(8(6)14)17-10(5)15/h5-9,14H,4H2,1-3H3/t5-,6-,7+,8-,9-/m0/s1. The number of rotatable bonds is 0. The number of amides is 1. The third-order valence-electron chi connectivity index (χ3n) is 3.81. The van der Waals surface area contributed by atoms with Gasteiger partial charge in [0.05, 0.1) is 18.0 Å². The van der Waals surface area contributed by atoms with Gasteiger partial charge in [-0.15, -0.1) is 0 Å². The number of aliphatic hydroxyl groups is 1. The third-order valence-corrected chi connectivity index (χ3v) is 3.81. The average molecular weight is 255 g/mol. The number of hydrogen-bond acceptors (Lipinski definition) is 5. The van der Waals surface area contributed by atoms with Gasteiger partial charge in [-0.3, -0.25) is 9.69 Å². The highest BCUT2D eigenvalue weighted by atomic mass is 16.6. The molecule has 5 atom stereocenters. The molecule has 0 spiro atoms. The van der Waals surface area contributed by atoms with Crippen molar-refractivity contribution < 1.29 is 24.2 Å². The van der Waals surface area contributed by atoms with E-state index in [1.54, 1.807) is 20.8 Å². The number of hydrogen-bond donors (Lipinski definition) is 1. The molecule has 0 aromatic heterocycles. The normalized spacial score (nSPS) is 41.2. The first-order valence-electron chi connectivity index (χ1n) is 6.19. The lowest BCUT2D eigenvalue weighted by molar-refractivity contribution is -0.145. The van der Waals surface area contributed by atoms with E-state index in [0.717, 1.165) is 0 Å². The minimum atomic E-state index is -0.787. The molecule has 3 aliphatic rings. The molecule has 0 saturated carbocycles. The summed E-state index contributed by atoms with van der Waals surface area (Å²) in [5.74, 6) is -0.603. The number of aliphatic hydroxyl groups excluding tert-OH is 1. The highest BCUT2D eigenvalue weighted by Gasteiger charge is 2.67. The summed E-state index contributed by atoms with van der Waals surface area (Å²) in [6, 6.07) is -0.710. The smallest absolute Gasteiger partial charge is 0.411 e. The summed E-state index contributed by atoms with van der Waals surface area (Å²) < 4.78 is 10.4. The number of ether oxygens (including phenoxy) is 2. The molecule has 1 amide bonds. The number of carbonyl (C=O) groups excluding carboxylic acids is 2. The Kier molecular flexibility index (Phi) is 2.21. The molecule has 3 saturated heterocycles. The van der Waals surface area contributed by atoms with E-state index in [4.69, 9.17) is 9.47 Å². The molecular weight excluding hydrogens is 238 g/mol. The van der Waals surface area contributed by atoms with Crippen LogP contribution < -0.4 is 0 Å². The topological polar surface area (TPSA) is 76.1 Å². The average Bonchev–Trinajstić information content (AvgIpc) is 2.77. The molecule has 0 aromatic carbocycles. The molecule has 0 aliphatic carbocycles. The SMILES string of the molecule is CC(C)(C)OC(=O)N1[C@H]2[C@@H]3OC(=O)[C@H]2C[C@H]1[C@@H]3O. The lowest BCUT2D eigenvalue weighted by Crippen LogP contribution is -2.41. The molecule has 3 heterocycles. The quantitative estimate of drug-likeness (QED) is 0.629. The van der Waals surface area contributed by atoms with Crippen LogP contribution in [0.5, 0.6) is 0 Å². The van der Waals surface area contributed by atoms with Crippen molar-refractivity contribution in [1.29, 1.82) is 0 Å². The van der Waals surface area contributed by atoms with Gasteiger partial charge in [0.2, 0.25) is 0 Å². The summed E-state index contributed by atoms with van der Waals surface area (Å²) in [5, 5.41) is 10.0. The summed E-state index contributed by atoms with van der Waals surface area (Å²) in [7, 11) is 0. The van der Waals surface area contributed by atoms with E-state index in [2.05, 4.69) is 0 Å². The van der Waals surface area contributed by atoms with E-state index in [1.807, 2.05) is 0 Å². The van der Waals surface area contributed by atoms with Crippen LogP contribution in [-0.4, -0.2) is 52.0 Å². The van der Waals surface area contributed by atoms with E-state index in [-0.39, 0.29) is 24.0 Å². The Morgan fingerprint density at radius 3 is 2.78 bits per heavy atom. The zero-order valence-corrected chi connectivity index (χ0v) is 10.6. The van der Waals surface area contributed by atoms with E-state index in [1.165, 1.54) is 4.90 Å². The molecule has 100 valence electrons. The van der Waals surface area contributed by atoms with Gasteiger partial charge in [-0.1, -0.05) is 0 Å². The molecule has 0 unspecified atom stereocenters. The molecule has 6 heteroatoms. The van der Waals surface area contributed by atoms with Crippen molar-refractivity contribution in [2.75, 3.05) is 0 Å². The van der Waals surface area contributed by atoms with Crippen molar-refractivity contribution in [3.8, 4) is 0 Å². The first-order chi connectivity index (χ1) is 8.29. The van der Waals surface area contributed by atoms with E-state index in [0.29, 0.717) is 6.42 Å². The summed E-state index contributed by atoms with van der Waals surface area (Å²) in [6.45, 7) is 5.36. The Hall–Kier alpha value is -1.30. The number of nitrogens with zero attached hydrogens (tertiary/aromatic N) is 1. The highest BCUT2D eigenvalue weighted by Crippen LogP contribution is 2.48. The number of fused-ring (bicyclic) bond motifs is 1. The fourth-order valence-electron chi connectivity index (χ4n) is 3.21. The maximum absolute atomic E-state index is 12.1. The molecule has 6 nitrogen and oxygen atoms in total. The minimum absolute atomic E-state index is 0.295. The highest BCUT2D eigenvalue weighted by molar-refractivity contribution is 5.81. The van der Waals surface area contributed by atoms with Crippen LogP contribution in [0.4, 0.5) is 4.79 Å². The summed E-state index contributed by atoms with van der Waals surface area (Å²) >= 11 is 0. The fourth-order valence-corrected chi connectivity index (χ4v) is 3.21. The monoisotopic (exact) mass is 255 g/mol. The van der Waals surface area contributed by atoms with Gasteiger partial charge in [-0.2, -0.15) is 0 Å². The van der Waals surface area contributed by atoms with Gasteiger partial charge in [0.15, 0.2) is 6.10 Å². The van der Waals surface area contributed by atoms with Crippen molar-refractivity contribution in [3.63, 3.8) is 0 Å². The molecule has 18 heavy (non-hydrogen) atoms. The summed E-state index contributed by atoms with van der Waals surface area (Å²) in [4.78, 5) is 25.2. The second-order valence-corrected chi connectivity index (χ2v) is 6.18. The van der Waals surface area contributed by atoms with Gasteiger partial charge in [-0.05, 0) is 27.2 Å². The Balaban J connectivity index is 1.84. The van der Waals surface area contributed by atoms with Crippen LogP contribution in [-0.2, 0) is 14.3 Å². The Morgan fingerprint density at radius 2 is 2.17 bits per heavy atom. The van der Waals surface area contributed by atoms with Crippen LogP contribution in [0, 0.1) is 5.92 Å². The van der Waals surface area contributed by atoms with E-state index >= 15 is 0 Å². The second-order valence-electron chi connectivity index (χ2n) is 6.18. The van der Waals surface area contributed by atoms with Crippen molar-refractivity contribution in [1.82, 2.24) is 4.90 Å². The number of esters is 1. The van der Waals surface area contributed by atoms with Gasteiger partial charge in [0, 0.05) is 0 Å². The first-order valence-corrected chi connectivity index (χ1v) is 6.19. The predicted molar refractivity (Wildman–Crippen MR) is 59.6 cm³/mol. The minimum Gasteiger partial charge on any atom is -0.457 e. The van der Waals surface area contributed by atoms with Crippen LogP contribution in [0.25, 0.3) is 0 Å². The molecular formula is C12H17NO5. The Bertz CT molecular complexity index is 415. The van der Waals surface area contributed by atoms with Crippen LogP contribution in [0.2, 0.25) is 0 Å². The zero-order valence-electron chi connectivity index (χ0n) is 10.6.